The van der Waals surface area contributed by atoms with Crippen LogP contribution in [0, 0.1) is 5.92 Å². The molecule has 0 amide bonds. The van der Waals surface area contributed by atoms with E-state index in [1.165, 1.54) is 0 Å². The van der Waals surface area contributed by atoms with Crippen LogP contribution < -0.4 is 5.73 Å². The van der Waals surface area contributed by atoms with E-state index in [9.17, 15) is 0 Å². The quantitative estimate of drug-likeness (QED) is 0.720. The molecule has 2 nitrogen and oxygen atoms in total. The van der Waals surface area contributed by atoms with Gasteiger partial charge in [0.15, 0.2) is 0 Å². The molecule has 2 heteroatoms. The van der Waals surface area contributed by atoms with Gasteiger partial charge in [-0.1, -0.05) is 44.2 Å². The monoisotopic (exact) mass is 179 g/mol. The Morgan fingerprint density at radius 1 is 1.23 bits per heavy atom. The average Bonchev–Trinajstić information content (AvgIpc) is 2.15. The van der Waals surface area contributed by atoms with Gasteiger partial charge in [-0.3, -0.25) is 0 Å². The highest BCUT2D eigenvalue weighted by atomic mass is 16.5. The van der Waals surface area contributed by atoms with E-state index in [2.05, 4.69) is 13.8 Å². The molecule has 13 heavy (non-hydrogen) atoms. The molecule has 1 atom stereocenters. The molecule has 0 saturated carbocycles. The molecule has 0 radical (unpaired) electrons. The lowest BCUT2D eigenvalue weighted by atomic mass is 10.2. The molecule has 0 aliphatic carbocycles. The Hall–Kier alpha value is -0.860. The van der Waals surface area contributed by atoms with Crippen LogP contribution in [-0.2, 0) is 4.74 Å². The molecule has 0 bridgehead atoms. The third-order valence-electron chi connectivity index (χ3n) is 1.74. The van der Waals surface area contributed by atoms with Gasteiger partial charge in [0.1, 0.15) is 6.23 Å². The van der Waals surface area contributed by atoms with Gasteiger partial charge >= 0.3 is 0 Å². The van der Waals surface area contributed by atoms with Crippen LogP contribution in [0.3, 0.4) is 0 Å². The number of benzene rings is 1. The Morgan fingerprint density at radius 2 is 1.85 bits per heavy atom. The molecule has 0 aliphatic rings. The Balaban J connectivity index is 2.44. The molecule has 1 rings (SSSR count). The van der Waals surface area contributed by atoms with E-state index in [4.69, 9.17) is 10.5 Å². The Bertz CT molecular complexity index is 233. The Morgan fingerprint density at radius 3 is 2.38 bits per heavy atom. The molecule has 0 spiro atoms. The van der Waals surface area contributed by atoms with Crippen LogP contribution in [0.15, 0.2) is 30.3 Å². The van der Waals surface area contributed by atoms with Crippen molar-refractivity contribution in [1.29, 1.82) is 0 Å². The van der Waals surface area contributed by atoms with Crippen LogP contribution in [0.4, 0.5) is 0 Å². The van der Waals surface area contributed by atoms with Crippen molar-refractivity contribution in [1.82, 2.24) is 0 Å². The number of hydrogen-bond acceptors (Lipinski definition) is 2. The maximum absolute atomic E-state index is 5.82. The molecule has 0 saturated heterocycles. The van der Waals surface area contributed by atoms with E-state index >= 15 is 0 Å². The predicted molar refractivity (Wildman–Crippen MR) is 54.2 cm³/mol. The number of rotatable bonds is 4. The molecule has 2 N–H and O–H groups in total. The zero-order chi connectivity index (χ0) is 9.68. The fourth-order valence-electron chi connectivity index (χ4n) is 1.04. The van der Waals surface area contributed by atoms with Gasteiger partial charge in [0, 0.05) is 0 Å². The smallest absolute Gasteiger partial charge is 0.131 e. The van der Waals surface area contributed by atoms with Crippen molar-refractivity contribution in [2.45, 2.75) is 20.1 Å². The van der Waals surface area contributed by atoms with Crippen molar-refractivity contribution >= 4 is 0 Å². The molecule has 1 aromatic carbocycles. The van der Waals surface area contributed by atoms with Crippen molar-refractivity contribution < 1.29 is 4.74 Å². The molecule has 0 aliphatic heterocycles. The summed E-state index contributed by atoms with van der Waals surface area (Å²) >= 11 is 0. The van der Waals surface area contributed by atoms with E-state index in [1.54, 1.807) is 0 Å². The molecule has 72 valence electrons. The third kappa shape index (κ3) is 3.57. The van der Waals surface area contributed by atoms with Gasteiger partial charge in [0.25, 0.3) is 0 Å². The first-order valence-corrected chi connectivity index (χ1v) is 4.62. The van der Waals surface area contributed by atoms with Crippen LogP contribution in [0.2, 0.25) is 0 Å². The highest BCUT2D eigenvalue weighted by molar-refractivity contribution is 5.16. The molecule has 0 heterocycles. The highest BCUT2D eigenvalue weighted by Gasteiger charge is 2.05. The summed E-state index contributed by atoms with van der Waals surface area (Å²) in [4.78, 5) is 0. The normalized spacial score (nSPS) is 13.2. The van der Waals surface area contributed by atoms with E-state index in [0.29, 0.717) is 12.5 Å². The molecular formula is C11H17NO. The minimum atomic E-state index is -0.288. The van der Waals surface area contributed by atoms with E-state index < -0.39 is 0 Å². The van der Waals surface area contributed by atoms with Gasteiger partial charge in [0.2, 0.25) is 0 Å². The van der Waals surface area contributed by atoms with Gasteiger partial charge in [-0.15, -0.1) is 0 Å². The molecule has 0 aromatic heterocycles. The molecule has 0 fully saturated rings. The first-order valence-electron chi connectivity index (χ1n) is 4.62. The van der Waals surface area contributed by atoms with Gasteiger partial charge in [-0.05, 0) is 11.5 Å². The zero-order valence-corrected chi connectivity index (χ0v) is 8.23. The fourth-order valence-corrected chi connectivity index (χ4v) is 1.04. The van der Waals surface area contributed by atoms with Gasteiger partial charge in [-0.2, -0.15) is 0 Å². The second-order valence-electron chi connectivity index (χ2n) is 3.56. The van der Waals surface area contributed by atoms with Crippen molar-refractivity contribution in [3.05, 3.63) is 35.9 Å². The zero-order valence-electron chi connectivity index (χ0n) is 8.23. The Kier molecular flexibility index (Phi) is 3.93. The second-order valence-corrected chi connectivity index (χ2v) is 3.56. The van der Waals surface area contributed by atoms with Crippen LogP contribution in [0.1, 0.15) is 25.6 Å². The lowest BCUT2D eigenvalue weighted by molar-refractivity contribution is 0.0391. The van der Waals surface area contributed by atoms with Gasteiger partial charge in [-0.25, -0.2) is 0 Å². The number of nitrogens with two attached hydrogens (primary N) is 1. The maximum atomic E-state index is 5.82. The van der Waals surface area contributed by atoms with Crippen LogP contribution in [0.25, 0.3) is 0 Å². The summed E-state index contributed by atoms with van der Waals surface area (Å²) in [6, 6.07) is 9.86. The number of ether oxygens (including phenoxy) is 1. The predicted octanol–water partition coefficient (Wildman–Crippen LogP) is 2.32. The fraction of sp³-hybridized carbons (Fsp3) is 0.455. The first kappa shape index (κ1) is 10.2. The summed E-state index contributed by atoms with van der Waals surface area (Å²) in [5, 5.41) is 0. The molecular weight excluding hydrogens is 162 g/mol. The lowest BCUT2D eigenvalue weighted by Crippen LogP contribution is -2.16. The van der Waals surface area contributed by atoms with E-state index in [-0.39, 0.29) is 6.23 Å². The van der Waals surface area contributed by atoms with Crippen LogP contribution >= 0.6 is 0 Å². The minimum Gasteiger partial charge on any atom is -0.359 e. The van der Waals surface area contributed by atoms with Crippen molar-refractivity contribution in [2.24, 2.45) is 11.7 Å². The van der Waals surface area contributed by atoms with E-state index in [1.807, 2.05) is 30.3 Å². The first-order chi connectivity index (χ1) is 6.20. The summed E-state index contributed by atoms with van der Waals surface area (Å²) in [5.74, 6) is 0.523. The summed E-state index contributed by atoms with van der Waals surface area (Å²) in [5.41, 5.74) is 6.85. The second kappa shape index (κ2) is 5.00. The Labute approximate surface area is 79.7 Å². The van der Waals surface area contributed by atoms with Gasteiger partial charge in [0.05, 0.1) is 6.61 Å². The summed E-state index contributed by atoms with van der Waals surface area (Å²) in [6.07, 6.45) is -0.288. The van der Waals surface area contributed by atoms with Crippen molar-refractivity contribution in [3.8, 4) is 0 Å². The lowest BCUT2D eigenvalue weighted by Gasteiger charge is -2.14. The largest absolute Gasteiger partial charge is 0.359 e. The summed E-state index contributed by atoms with van der Waals surface area (Å²) in [7, 11) is 0. The van der Waals surface area contributed by atoms with E-state index in [0.717, 1.165) is 5.56 Å². The summed E-state index contributed by atoms with van der Waals surface area (Å²) < 4.78 is 5.47. The van der Waals surface area contributed by atoms with Gasteiger partial charge < -0.3 is 10.5 Å². The number of hydrogen-bond donors (Lipinski definition) is 1. The summed E-state index contributed by atoms with van der Waals surface area (Å²) in [6.45, 7) is 4.92. The highest BCUT2D eigenvalue weighted by Crippen LogP contribution is 2.11. The van der Waals surface area contributed by atoms with Crippen LogP contribution in [-0.4, -0.2) is 6.61 Å². The topological polar surface area (TPSA) is 35.2 Å². The minimum absolute atomic E-state index is 0.288. The standard InChI is InChI=1S/C11H17NO/c1-9(2)8-13-11(12)10-6-4-3-5-7-10/h3-7,9,11H,8,12H2,1-2H3. The third-order valence-corrected chi connectivity index (χ3v) is 1.74. The SMILES string of the molecule is CC(C)COC(N)c1ccccc1. The van der Waals surface area contributed by atoms with Crippen molar-refractivity contribution in [3.63, 3.8) is 0 Å². The van der Waals surface area contributed by atoms with Crippen molar-refractivity contribution in [2.75, 3.05) is 6.61 Å². The molecule has 1 unspecified atom stereocenters. The van der Waals surface area contributed by atoms with Crippen LogP contribution in [0.5, 0.6) is 0 Å². The average molecular weight is 179 g/mol. The molecule has 1 aromatic rings. The maximum Gasteiger partial charge on any atom is 0.131 e.